The van der Waals surface area contributed by atoms with Crippen LogP contribution < -0.4 is 5.32 Å². The van der Waals surface area contributed by atoms with E-state index in [9.17, 15) is 9.59 Å². The van der Waals surface area contributed by atoms with Crippen molar-refractivity contribution >= 4 is 11.8 Å². The summed E-state index contributed by atoms with van der Waals surface area (Å²) in [6.07, 6.45) is 1.92. The quantitative estimate of drug-likeness (QED) is 0.629. The van der Waals surface area contributed by atoms with Gasteiger partial charge in [-0.3, -0.25) is 9.59 Å². The summed E-state index contributed by atoms with van der Waals surface area (Å²) in [7, 11) is 0. The fourth-order valence-corrected chi connectivity index (χ4v) is 3.58. The van der Waals surface area contributed by atoms with Crippen LogP contribution in [0.5, 0.6) is 0 Å². The smallest absolute Gasteiger partial charge is 0.225 e. The fourth-order valence-electron chi connectivity index (χ4n) is 3.58. The first-order chi connectivity index (χ1) is 14.1. The van der Waals surface area contributed by atoms with Crippen molar-refractivity contribution in [1.82, 2.24) is 10.2 Å². The minimum absolute atomic E-state index is 0.0309. The number of rotatable bonds is 10. The Bertz CT molecular complexity index is 779. The van der Waals surface area contributed by atoms with Gasteiger partial charge in [0.15, 0.2) is 0 Å². The van der Waals surface area contributed by atoms with E-state index in [0.29, 0.717) is 32.7 Å². The third-order valence-corrected chi connectivity index (χ3v) is 5.36. The molecule has 0 aromatic heterocycles. The van der Waals surface area contributed by atoms with Gasteiger partial charge >= 0.3 is 0 Å². The van der Waals surface area contributed by atoms with Crippen molar-refractivity contribution < 1.29 is 14.3 Å². The van der Waals surface area contributed by atoms with Gasteiger partial charge in [-0.05, 0) is 30.9 Å². The lowest BCUT2D eigenvalue weighted by atomic mass is 10.1. The maximum absolute atomic E-state index is 12.4. The number of benzene rings is 2. The van der Waals surface area contributed by atoms with Crippen LogP contribution in [0.4, 0.5) is 0 Å². The Labute approximate surface area is 173 Å². The van der Waals surface area contributed by atoms with Crippen molar-refractivity contribution in [2.75, 3.05) is 26.2 Å². The van der Waals surface area contributed by atoms with Crippen LogP contribution in [0.2, 0.25) is 0 Å². The van der Waals surface area contributed by atoms with Gasteiger partial charge < -0.3 is 15.0 Å². The van der Waals surface area contributed by atoms with Gasteiger partial charge in [0, 0.05) is 32.7 Å². The molecule has 1 saturated heterocycles. The van der Waals surface area contributed by atoms with Gasteiger partial charge in [-0.15, -0.1) is 0 Å². The van der Waals surface area contributed by atoms with Crippen LogP contribution in [0.3, 0.4) is 0 Å². The van der Waals surface area contributed by atoms with E-state index in [-0.39, 0.29) is 23.8 Å². The second kappa shape index (κ2) is 10.8. The molecule has 2 aromatic carbocycles. The number of hydrogen-bond acceptors (Lipinski definition) is 3. The van der Waals surface area contributed by atoms with E-state index in [2.05, 4.69) is 17.4 Å². The van der Waals surface area contributed by atoms with E-state index in [4.69, 9.17) is 4.74 Å². The van der Waals surface area contributed by atoms with Gasteiger partial charge in [-0.1, -0.05) is 60.7 Å². The van der Waals surface area contributed by atoms with Crippen LogP contribution in [0.25, 0.3) is 0 Å². The van der Waals surface area contributed by atoms with Crippen LogP contribution in [0, 0.1) is 5.92 Å². The lowest BCUT2D eigenvalue weighted by molar-refractivity contribution is -0.129. The van der Waals surface area contributed by atoms with Crippen molar-refractivity contribution in [3.05, 3.63) is 71.8 Å². The molecule has 1 heterocycles. The summed E-state index contributed by atoms with van der Waals surface area (Å²) < 4.78 is 5.83. The molecule has 2 aromatic rings. The Morgan fingerprint density at radius 1 is 1.14 bits per heavy atom. The SMILES string of the molecule is CC(OCCCNC(=O)C1CC(=O)N(CCc2ccccc2)C1)c1ccccc1. The first-order valence-corrected chi connectivity index (χ1v) is 10.4. The molecule has 0 saturated carbocycles. The first kappa shape index (κ1) is 21.1. The van der Waals surface area contributed by atoms with Gasteiger partial charge in [0.2, 0.25) is 11.8 Å². The summed E-state index contributed by atoms with van der Waals surface area (Å²) in [5, 5.41) is 2.96. The van der Waals surface area contributed by atoms with Crippen molar-refractivity contribution in [2.45, 2.75) is 32.3 Å². The minimum Gasteiger partial charge on any atom is -0.374 e. The van der Waals surface area contributed by atoms with Crippen LogP contribution in [-0.2, 0) is 20.7 Å². The molecule has 1 fully saturated rings. The zero-order valence-electron chi connectivity index (χ0n) is 17.0. The molecule has 2 atom stereocenters. The standard InChI is InChI=1S/C24H30N2O3/c1-19(21-11-6-3-7-12-21)29-16-8-14-25-24(28)22-17-23(27)26(18-22)15-13-20-9-4-2-5-10-20/h2-7,9-12,19,22H,8,13-18H2,1H3,(H,25,28). The number of hydrogen-bond donors (Lipinski definition) is 1. The van der Waals surface area contributed by atoms with Gasteiger partial charge in [0.25, 0.3) is 0 Å². The highest BCUT2D eigenvalue weighted by Crippen LogP contribution is 2.19. The Morgan fingerprint density at radius 2 is 1.83 bits per heavy atom. The maximum Gasteiger partial charge on any atom is 0.225 e. The molecule has 5 nitrogen and oxygen atoms in total. The highest BCUT2D eigenvalue weighted by molar-refractivity contribution is 5.89. The second-order valence-corrected chi connectivity index (χ2v) is 7.54. The van der Waals surface area contributed by atoms with Crippen LogP contribution in [0.15, 0.2) is 60.7 Å². The number of amides is 2. The van der Waals surface area contributed by atoms with Crippen LogP contribution in [0.1, 0.15) is 37.0 Å². The normalized spacial score (nSPS) is 17.3. The van der Waals surface area contributed by atoms with Crippen molar-refractivity contribution in [1.29, 1.82) is 0 Å². The molecule has 154 valence electrons. The van der Waals surface area contributed by atoms with E-state index >= 15 is 0 Å². The van der Waals surface area contributed by atoms with E-state index < -0.39 is 0 Å². The van der Waals surface area contributed by atoms with Gasteiger partial charge in [-0.25, -0.2) is 0 Å². The Hall–Kier alpha value is -2.66. The Balaban J connectivity index is 1.32. The van der Waals surface area contributed by atoms with E-state index in [1.54, 1.807) is 0 Å². The lowest BCUT2D eigenvalue weighted by Gasteiger charge is -2.17. The number of nitrogens with one attached hydrogen (secondary N) is 1. The van der Waals surface area contributed by atoms with Gasteiger partial charge in [-0.2, -0.15) is 0 Å². The Morgan fingerprint density at radius 3 is 2.55 bits per heavy atom. The molecular formula is C24H30N2O3. The van der Waals surface area contributed by atoms with Gasteiger partial charge in [0.05, 0.1) is 12.0 Å². The van der Waals surface area contributed by atoms with E-state index in [1.165, 1.54) is 5.56 Å². The zero-order valence-corrected chi connectivity index (χ0v) is 17.0. The summed E-state index contributed by atoms with van der Waals surface area (Å²) in [6.45, 7) is 4.36. The second-order valence-electron chi connectivity index (χ2n) is 7.54. The highest BCUT2D eigenvalue weighted by Gasteiger charge is 2.33. The van der Waals surface area contributed by atoms with Crippen molar-refractivity contribution in [3.8, 4) is 0 Å². The number of ether oxygens (including phenoxy) is 1. The molecule has 3 rings (SSSR count). The molecule has 2 amide bonds. The van der Waals surface area contributed by atoms with Crippen LogP contribution >= 0.6 is 0 Å². The number of carbonyl (C=O) groups excluding carboxylic acids is 2. The fraction of sp³-hybridized carbons (Fsp3) is 0.417. The number of carbonyl (C=O) groups is 2. The summed E-state index contributed by atoms with van der Waals surface area (Å²) in [6, 6.07) is 20.2. The van der Waals surface area contributed by atoms with Crippen LogP contribution in [-0.4, -0.2) is 43.0 Å². The Kier molecular flexibility index (Phi) is 7.82. The molecule has 29 heavy (non-hydrogen) atoms. The van der Waals surface area contributed by atoms with E-state index in [0.717, 1.165) is 18.4 Å². The summed E-state index contributed by atoms with van der Waals surface area (Å²) in [5.41, 5.74) is 2.36. The largest absolute Gasteiger partial charge is 0.374 e. The molecule has 1 aliphatic heterocycles. The molecule has 5 heteroatoms. The molecule has 1 N–H and O–H groups in total. The van der Waals surface area contributed by atoms with Crippen molar-refractivity contribution in [3.63, 3.8) is 0 Å². The molecule has 1 aliphatic rings. The average Bonchev–Trinajstić information content (AvgIpc) is 3.14. The summed E-state index contributed by atoms with van der Waals surface area (Å²) in [5.74, 6) is -0.208. The first-order valence-electron chi connectivity index (χ1n) is 10.4. The molecular weight excluding hydrogens is 364 g/mol. The van der Waals surface area contributed by atoms with Crippen molar-refractivity contribution in [2.24, 2.45) is 5.92 Å². The number of likely N-dealkylation sites (tertiary alicyclic amines) is 1. The lowest BCUT2D eigenvalue weighted by Crippen LogP contribution is -2.34. The minimum atomic E-state index is -0.248. The monoisotopic (exact) mass is 394 g/mol. The average molecular weight is 395 g/mol. The molecule has 0 aliphatic carbocycles. The molecule has 0 bridgehead atoms. The third kappa shape index (κ3) is 6.43. The molecule has 0 radical (unpaired) electrons. The summed E-state index contributed by atoms with van der Waals surface area (Å²) >= 11 is 0. The topological polar surface area (TPSA) is 58.6 Å². The molecule has 2 unspecified atom stereocenters. The van der Waals surface area contributed by atoms with Gasteiger partial charge in [0.1, 0.15) is 0 Å². The zero-order chi connectivity index (χ0) is 20.5. The predicted molar refractivity (Wildman–Crippen MR) is 113 cm³/mol. The highest BCUT2D eigenvalue weighted by atomic mass is 16.5. The predicted octanol–water partition coefficient (Wildman–Crippen LogP) is 3.36. The molecule has 0 spiro atoms. The third-order valence-electron chi connectivity index (χ3n) is 5.36. The maximum atomic E-state index is 12.4. The number of nitrogens with zero attached hydrogens (tertiary/aromatic N) is 1. The van der Waals surface area contributed by atoms with E-state index in [1.807, 2.05) is 60.4 Å². The summed E-state index contributed by atoms with van der Waals surface area (Å²) in [4.78, 5) is 26.4.